The molecule has 0 spiro atoms. The van der Waals surface area contributed by atoms with Gasteiger partial charge in [0.05, 0.1) is 17.3 Å². The zero-order valence-electron chi connectivity index (χ0n) is 19.9. The zero-order valence-corrected chi connectivity index (χ0v) is 19.9. The molecule has 2 aromatic carbocycles. The summed E-state index contributed by atoms with van der Waals surface area (Å²) < 4.78 is 1.87. The third-order valence-corrected chi connectivity index (χ3v) is 6.16. The van der Waals surface area contributed by atoms with E-state index >= 15 is 0 Å². The molecule has 1 aliphatic rings. The highest BCUT2D eigenvalue weighted by molar-refractivity contribution is 5.93. The standard InChI is InChI=1S/C27H34N4O/c1-20-11-13-23(14-12-20)25(22-9-7-6-8-10-22)29-15-17-30(18-16-29)26(32)24-19-21(2)28-31(24)27(3,4)5/h6-14,19,25H,15-18H2,1-5H3/t25-/m1/s1. The van der Waals surface area contributed by atoms with Gasteiger partial charge in [0.2, 0.25) is 0 Å². The van der Waals surface area contributed by atoms with E-state index in [0.29, 0.717) is 18.8 Å². The third-order valence-electron chi connectivity index (χ3n) is 6.16. The van der Waals surface area contributed by atoms with Crippen molar-refractivity contribution in [1.82, 2.24) is 19.6 Å². The highest BCUT2D eigenvalue weighted by atomic mass is 16.2. The molecule has 0 N–H and O–H groups in total. The Bertz CT molecular complexity index is 1060. The molecule has 0 unspecified atom stereocenters. The monoisotopic (exact) mass is 430 g/mol. The van der Waals surface area contributed by atoms with E-state index in [1.165, 1.54) is 16.7 Å². The molecule has 2 heterocycles. The summed E-state index contributed by atoms with van der Waals surface area (Å²) in [6.45, 7) is 13.4. The molecular weight excluding hydrogens is 396 g/mol. The Morgan fingerprint density at radius 2 is 1.47 bits per heavy atom. The molecule has 4 rings (SSSR count). The summed E-state index contributed by atoms with van der Waals surface area (Å²) >= 11 is 0. The Morgan fingerprint density at radius 3 is 2.06 bits per heavy atom. The average molecular weight is 431 g/mol. The van der Waals surface area contributed by atoms with E-state index in [2.05, 4.69) is 92.3 Å². The summed E-state index contributed by atoms with van der Waals surface area (Å²) in [7, 11) is 0. The Morgan fingerprint density at radius 1 is 0.875 bits per heavy atom. The van der Waals surface area contributed by atoms with Crippen molar-refractivity contribution in [2.45, 2.75) is 46.2 Å². The van der Waals surface area contributed by atoms with Gasteiger partial charge in [0.25, 0.3) is 5.91 Å². The highest BCUT2D eigenvalue weighted by Crippen LogP contribution is 2.30. The first-order valence-electron chi connectivity index (χ1n) is 11.5. The molecule has 1 atom stereocenters. The number of nitrogens with zero attached hydrogens (tertiary/aromatic N) is 4. The molecule has 1 aromatic heterocycles. The minimum absolute atomic E-state index is 0.0757. The second-order valence-electron chi connectivity index (χ2n) is 9.81. The van der Waals surface area contributed by atoms with Crippen molar-refractivity contribution in [3.05, 3.63) is 88.7 Å². The largest absolute Gasteiger partial charge is 0.335 e. The van der Waals surface area contributed by atoms with Crippen molar-refractivity contribution >= 4 is 5.91 Å². The molecule has 32 heavy (non-hydrogen) atoms. The van der Waals surface area contributed by atoms with Crippen LogP contribution in [-0.2, 0) is 5.54 Å². The van der Waals surface area contributed by atoms with Gasteiger partial charge in [0, 0.05) is 26.2 Å². The molecule has 0 aliphatic carbocycles. The van der Waals surface area contributed by atoms with E-state index in [1.807, 2.05) is 22.6 Å². The number of hydrogen-bond acceptors (Lipinski definition) is 3. The molecule has 1 fully saturated rings. The fourth-order valence-electron chi connectivity index (χ4n) is 4.51. The van der Waals surface area contributed by atoms with Gasteiger partial charge >= 0.3 is 0 Å². The topological polar surface area (TPSA) is 41.4 Å². The van der Waals surface area contributed by atoms with Crippen LogP contribution in [0.1, 0.15) is 59.7 Å². The lowest BCUT2D eigenvalue weighted by atomic mass is 9.95. The van der Waals surface area contributed by atoms with E-state index in [9.17, 15) is 4.79 Å². The predicted molar refractivity (Wildman–Crippen MR) is 129 cm³/mol. The summed E-state index contributed by atoms with van der Waals surface area (Å²) in [4.78, 5) is 17.9. The highest BCUT2D eigenvalue weighted by Gasteiger charge is 2.31. The minimum atomic E-state index is -0.231. The summed E-state index contributed by atoms with van der Waals surface area (Å²) in [6.07, 6.45) is 0. The number of carbonyl (C=O) groups is 1. The van der Waals surface area contributed by atoms with Gasteiger partial charge in [-0.05, 0) is 51.8 Å². The van der Waals surface area contributed by atoms with Crippen LogP contribution in [-0.4, -0.2) is 51.7 Å². The van der Waals surface area contributed by atoms with Gasteiger partial charge in [-0.15, -0.1) is 0 Å². The van der Waals surface area contributed by atoms with Crippen LogP contribution in [0.2, 0.25) is 0 Å². The molecule has 0 saturated carbocycles. The van der Waals surface area contributed by atoms with Gasteiger partial charge < -0.3 is 4.90 Å². The van der Waals surface area contributed by atoms with Crippen LogP contribution in [0, 0.1) is 13.8 Å². The lowest BCUT2D eigenvalue weighted by Crippen LogP contribution is -2.50. The van der Waals surface area contributed by atoms with Crippen LogP contribution in [0.3, 0.4) is 0 Å². The van der Waals surface area contributed by atoms with Gasteiger partial charge in [-0.3, -0.25) is 14.4 Å². The average Bonchev–Trinajstić information content (AvgIpc) is 3.18. The molecular formula is C27H34N4O. The van der Waals surface area contributed by atoms with Crippen LogP contribution in [0.15, 0.2) is 60.7 Å². The van der Waals surface area contributed by atoms with Crippen molar-refractivity contribution < 1.29 is 4.79 Å². The number of aryl methyl sites for hydroxylation is 2. The van der Waals surface area contributed by atoms with E-state index in [0.717, 1.165) is 18.8 Å². The smallest absolute Gasteiger partial charge is 0.272 e. The SMILES string of the molecule is Cc1ccc([C@@H](c2ccccc2)N2CCN(C(=O)c3cc(C)nn3C(C)(C)C)CC2)cc1. The maximum absolute atomic E-state index is 13.4. The first-order valence-corrected chi connectivity index (χ1v) is 11.5. The van der Waals surface area contributed by atoms with Gasteiger partial charge in [0.1, 0.15) is 5.69 Å². The molecule has 3 aromatic rings. The summed E-state index contributed by atoms with van der Waals surface area (Å²) in [6, 6.07) is 21.6. The lowest BCUT2D eigenvalue weighted by molar-refractivity contribution is 0.0578. The number of piperazine rings is 1. The summed E-state index contributed by atoms with van der Waals surface area (Å²) in [5.41, 5.74) is 5.18. The number of hydrogen-bond donors (Lipinski definition) is 0. The molecule has 1 aliphatic heterocycles. The Balaban J connectivity index is 1.54. The van der Waals surface area contributed by atoms with E-state index in [4.69, 9.17) is 0 Å². The minimum Gasteiger partial charge on any atom is -0.335 e. The number of aromatic nitrogens is 2. The quantitative estimate of drug-likeness (QED) is 0.597. The van der Waals surface area contributed by atoms with Crippen LogP contribution in [0.5, 0.6) is 0 Å². The van der Waals surface area contributed by atoms with Crippen LogP contribution >= 0.6 is 0 Å². The molecule has 168 valence electrons. The second kappa shape index (κ2) is 8.91. The van der Waals surface area contributed by atoms with Gasteiger partial charge in [-0.1, -0.05) is 60.2 Å². The normalized spacial score (nSPS) is 16.2. The molecule has 0 bridgehead atoms. The maximum Gasteiger partial charge on any atom is 0.272 e. The second-order valence-corrected chi connectivity index (χ2v) is 9.81. The van der Waals surface area contributed by atoms with Crippen molar-refractivity contribution in [2.24, 2.45) is 0 Å². The maximum atomic E-state index is 13.4. The van der Waals surface area contributed by atoms with Crippen molar-refractivity contribution in [3.8, 4) is 0 Å². The molecule has 1 amide bonds. The molecule has 0 radical (unpaired) electrons. The number of amides is 1. The molecule has 5 heteroatoms. The lowest BCUT2D eigenvalue weighted by Gasteiger charge is -2.40. The van der Waals surface area contributed by atoms with Crippen LogP contribution in [0.25, 0.3) is 0 Å². The van der Waals surface area contributed by atoms with Crippen LogP contribution < -0.4 is 0 Å². The van der Waals surface area contributed by atoms with Crippen molar-refractivity contribution in [3.63, 3.8) is 0 Å². The van der Waals surface area contributed by atoms with E-state index < -0.39 is 0 Å². The first-order chi connectivity index (χ1) is 15.2. The number of rotatable bonds is 4. The predicted octanol–water partition coefficient (Wildman–Crippen LogP) is 4.80. The van der Waals surface area contributed by atoms with E-state index in [-0.39, 0.29) is 17.5 Å². The zero-order chi connectivity index (χ0) is 22.9. The fourth-order valence-corrected chi connectivity index (χ4v) is 4.51. The Kier molecular flexibility index (Phi) is 6.20. The first kappa shape index (κ1) is 22.3. The fraction of sp³-hybridized carbons (Fsp3) is 0.407. The number of carbonyl (C=O) groups excluding carboxylic acids is 1. The molecule has 1 saturated heterocycles. The van der Waals surface area contributed by atoms with Crippen molar-refractivity contribution in [1.29, 1.82) is 0 Å². The van der Waals surface area contributed by atoms with Crippen LogP contribution in [0.4, 0.5) is 0 Å². The summed E-state index contributed by atoms with van der Waals surface area (Å²) in [5, 5.41) is 4.59. The number of benzene rings is 2. The Hall–Kier alpha value is -2.92. The van der Waals surface area contributed by atoms with Gasteiger partial charge in [0.15, 0.2) is 0 Å². The van der Waals surface area contributed by atoms with Gasteiger partial charge in [-0.25, -0.2) is 0 Å². The van der Waals surface area contributed by atoms with Gasteiger partial charge in [-0.2, -0.15) is 5.10 Å². The molecule has 5 nitrogen and oxygen atoms in total. The third kappa shape index (κ3) is 4.63. The van der Waals surface area contributed by atoms with E-state index in [1.54, 1.807) is 0 Å². The summed E-state index contributed by atoms with van der Waals surface area (Å²) in [5.74, 6) is 0.0757. The Labute approximate surface area is 191 Å². The van der Waals surface area contributed by atoms with Crippen molar-refractivity contribution in [2.75, 3.05) is 26.2 Å².